The van der Waals surface area contributed by atoms with Gasteiger partial charge in [-0.05, 0) is 11.6 Å². The van der Waals surface area contributed by atoms with Crippen LogP contribution in [0.5, 0.6) is 0 Å². The van der Waals surface area contributed by atoms with Crippen LogP contribution in [0.1, 0.15) is 5.56 Å². The van der Waals surface area contributed by atoms with Gasteiger partial charge in [-0.1, -0.05) is 42.5 Å². The Morgan fingerprint density at radius 2 is 1.70 bits per heavy atom. The van der Waals surface area contributed by atoms with Crippen molar-refractivity contribution in [3.8, 4) is 17.2 Å². The maximum Gasteiger partial charge on any atom is 0.488 e. The summed E-state index contributed by atoms with van der Waals surface area (Å²) in [7, 11) is 0.260. The molecular weight excluding hydrogens is 252 g/mol. The Hall–Kier alpha value is -2.74. The number of fused-ring (bicyclic) bond motifs is 3. The fourth-order valence-electron chi connectivity index (χ4n) is 2.38. The number of hydrogen-bond acceptors (Lipinski definition) is 3. The number of halogens is 1. The lowest BCUT2D eigenvalue weighted by molar-refractivity contribution is 0.841. The van der Waals surface area contributed by atoms with Gasteiger partial charge in [-0.2, -0.15) is 5.26 Å². The summed E-state index contributed by atoms with van der Waals surface area (Å²) in [5, 5.41) is 14.7. The van der Waals surface area contributed by atoms with Crippen LogP contribution in [0.15, 0.2) is 54.2 Å². The van der Waals surface area contributed by atoms with Gasteiger partial charge in [0.1, 0.15) is 11.8 Å². The average Bonchev–Trinajstić information content (AvgIpc) is 2.52. The highest BCUT2D eigenvalue weighted by molar-refractivity contribution is 6.24. The molecule has 0 saturated heterocycles. The van der Waals surface area contributed by atoms with Crippen molar-refractivity contribution < 1.29 is 4.32 Å². The first-order valence-corrected chi connectivity index (χ1v) is 6.14. The molecule has 0 fully saturated rings. The third kappa shape index (κ3) is 1.92. The smallest absolute Gasteiger partial charge is 0.392 e. The molecule has 0 amide bonds. The Kier molecular flexibility index (Phi) is 3.14. The molecule has 1 aliphatic heterocycles. The van der Waals surface area contributed by atoms with E-state index in [1.54, 1.807) is 0 Å². The standard InChI is InChI=1S/C15H10BFN3/c17-16-20-14(9-18)15-12-7-2-1-5-10(12)11-6-3-4-8-13(11)19-15/h1-8,19-20H/b15-14-. The Morgan fingerprint density at radius 3 is 2.40 bits per heavy atom. The van der Waals surface area contributed by atoms with E-state index in [1.165, 1.54) is 0 Å². The van der Waals surface area contributed by atoms with Crippen molar-refractivity contribution in [2.24, 2.45) is 0 Å². The molecule has 95 valence electrons. The summed E-state index contributed by atoms with van der Waals surface area (Å²) >= 11 is 0. The first-order chi connectivity index (χ1) is 9.85. The lowest BCUT2D eigenvalue weighted by Crippen LogP contribution is -2.20. The van der Waals surface area contributed by atoms with E-state index >= 15 is 0 Å². The zero-order valence-electron chi connectivity index (χ0n) is 10.5. The molecule has 0 unspecified atom stereocenters. The van der Waals surface area contributed by atoms with Crippen LogP contribution in [0.25, 0.3) is 16.8 Å². The summed E-state index contributed by atoms with van der Waals surface area (Å²) in [4.78, 5) is 0. The van der Waals surface area contributed by atoms with E-state index in [0.29, 0.717) is 5.70 Å². The minimum atomic E-state index is 0.148. The van der Waals surface area contributed by atoms with Gasteiger partial charge < -0.3 is 14.9 Å². The summed E-state index contributed by atoms with van der Waals surface area (Å²) < 4.78 is 12.4. The number of rotatable bonds is 2. The van der Waals surface area contributed by atoms with Gasteiger partial charge in [0.25, 0.3) is 0 Å². The largest absolute Gasteiger partial charge is 0.488 e. The van der Waals surface area contributed by atoms with E-state index in [-0.39, 0.29) is 13.4 Å². The van der Waals surface area contributed by atoms with Crippen molar-refractivity contribution in [2.45, 2.75) is 0 Å². The topological polar surface area (TPSA) is 47.9 Å². The molecule has 1 heterocycles. The molecular formula is C15H10BFN3. The van der Waals surface area contributed by atoms with E-state index in [1.807, 2.05) is 54.6 Å². The van der Waals surface area contributed by atoms with Crippen molar-refractivity contribution in [2.75, 3.05) is 5.32 Å². The Labute approximate surface area is 117 Å². The van der Waals surface area contributed by atoms with Gasteiger partial charge in [0.2, 0.25) is 0 Å². The minimum Gasteiger partial charge on any atom is -0.392 e. The molecule has 2 aromatic rings. The van der Waals surface area contributed by atoms with Gasteiger partial charge in [0, 0.05) is 16.8 Å². The maximum atomic E-state index is 12.4. The molecule has 0 aromatic heterocycles. The van der Waals surface area contributed by atoms with E-state index in [4.69, 9.17) is 0 Å². The van der Waals surface area contributed by atoms with Gasteiger partial charge in [-0.25, -0.2) is 0 Å². The number of hydrogen-bond donors (Lipinski definition) is 2. The van der Waals surface area contributed by atoms with Gasteiger partial charge in [0.15, 0.2) is 0 Å². The van der Waals surface area contributed by atoms with Crippen LogP contribution in [0.3, 0.4) is 0 Å². The SMILES string of the molecule is N#C/C(N[B]F)=C1/Nc2ccccc2-c2ccccc21. The molecule has 0 bridgehead atoms. The molecule has 0 aliphatic carbocycles. The Balaban J connectivity index is 2.26. The van der Waals surface area contributed by atoms with Gasteiger partial charge in [-0.3, -0.25) is 0 Å². The number of nitrogens with zero attached hydrogens (tertiary/aromatic N) is 1. The summed E-state index contributed by atoms with van der Waals surface area (Å²) in [6.45, 7) is 0. The van der Waals surface area contributed by atoms with Crippen LogP contribution >= 0.6 is 0 Å². The van der Waals surface area contributed by atoms with Crippen LogP contribution in [0.2, 0.25) is 0 Å². The predicted octanol–water partition coefficient (Wildman–Crippen LogP) is 3.06. The average molecular weight is 262 g/mol. The molecule has 3 rings (SSSR count). The number of nitriles is 1. The van der Waals surface area contributed by atoms with Gasteiger partial charge in [-0.15, -0.1) is 0 Å². The van der Waals surface area contributed by atoms with Crippen molar-refractivity contribution in [1.82, 2.24) is 5.23 Å². The number of nitrogens with one attached hydrogen (secondary N) is 2. The molecule has 2 N–H and O–H groups in total. The first kappa shape index (κ1) is 12.3. The van der Waals surface area contributed by atoms with Crippen molar-refractivity contribution in [3.05, 3.63) is 59.8 Å². The van der Waals surface area contributed by atoms with Crippen molar-refractivity contribution in [1.29, 1.82) is 5.26 Å². The molecule has 1 radical (unpaired) electrons. The van der Waals surface area contributed by atoms with Crippen LogP contribution < -0.4 is 10.5 Å². The second kappa shape index (κ2) is 5.10. The number of anilines is 1. The van der Waals surface area contributed by atoms with Crippen molar-refractivity contribution >= 4 is 19.1 Å². The van der Waals surface area contributed by atoms with E-state index in [2.05, 4.69) is 10.5 Å². The third-order valence-electron chi connectivity index (χ3n) is 3.23. The highest BCUT2D eigenvalue weighted by Gasteiger charge is 2.21. The number of benzene rings is 2. The zero-order chi connectivity index (χ0) is 13.9. The highest BCUT2D eigenvalue weighted by atomic mass is 19.1. The van der Waals surface area contributed by atoms with Crippen molar-refractivity contribution in [3.63, 3.8) is 0 Å². The fourth-order valence-corrected chi connectivity index (χ4v) is 2.38. The lowest BCUT2D eigenvalue weighted by atomic mass is 9.91. The summed E-state index contributed by atoms with van der Waals surface area (Å²) in [5.41, 5.74) is 4.58. The number of allylic oxidation sites excluding steroid dienone is 1. The molecule has 0 atom stereocenters. The van der Waals surface area contributed by atoms with Crippen LogP contribution in [-0.4, -0.2) is 7.69 Å². The van der Waals surface area contributed by atoms with Crippen LogP contribution in [0.4, 0.5) is 10.0 Å². The summed E-state index contributed by atoms with van der Waals surface area (Å²) in [6, 6.07) is 17.5. The van der Waals surface area contributed by atoms with E-state index in [0.717, 1.165) is 22.4 Å². The number of para-hydroxylation sites is 1. The van der Waals surface area contributed by atoms with E-state index in [9.17, 15) is 9.58 Å². The molecule has 1 aliphatic rings. The van der Waals surface area contributed by atoms with Crippen LogP contribution in [0, 0.1) is 11.3 Å². The highest BCUT2D eigenvalue weighted by Crippen LogP contribution is 2.40. The second-order valence-corrected chi connectivity index (χ2v) is 4.33. The predicted molar refractivity (Wildman–Crippen MR) is 78.0 cm³/mol. The maximum absolute atomic E-state index is 12.4. The van der Waals surface area contributed by atoms with Gasteiger partial charge >= 0.3 is 7.69 Å². The normalized spacial score (nSPS) is 14.2. The first-order valence-electron chi connectivity index (χ1n) is 6.14. The quantitative estimate of drug-likeness (QED) is 0.645. The molecule has 2 aromatic carbocycles. The van der Waals surface area contributed by atoms with E-state index < -0.39 is 0 Å². The molecule has 3 nitrogen and oxygen atoms in total. The zero-order valence-corrected chi connectivity index (χ0v) is 10.5. The molecule has 0 spiro atoms. The minimum absolute atomic E-state index is 0.148. The molecule has 20 heavy (non-hydrogen) atoms. The summed E-state index contributed by atoms with van der Waals surface area (Å²) in [6.07, 6.45) is 0. The fraction of sp³-hybridized carbons (Fsp3) is 0. The molecule has 0 saturated carbocycles. The van der Waals surface area contributed by atoms with Gasteiger partial charge in [0.05, 0.1) is 5.70 Å². The second-order valence-electron chi connectivity index (χ2n) is 4.33. The van der Waals surface area contributed by atoms with Crippen LogP contribution in [-0.2, 0) is 0 Å². The summed E-state index contributed by atoms with van der Waals surface area (Å²) in [5.74, 6) is 0. The third-order valence-corrected chi connectivity index (χ3v) is 3.23. The monoisotopic (exact) mass is 262 g/mol. The Bertz CT molecular complexity index is 734. The Morgan fingerprint density at radius 1 is 1.05 bits per heavy atom. The lowest BCUT2D eigenvalue weighted by Gasteiger charge is -2.25. The molecule has 5 heteroatoms.